The molecule has 4 nitrogen and oxygen atoms in total. The highest BCUT2D eigenvalue weighted by Crippen LogP contribution is 2.37. The van der Waals surface area contributed by atoms with E-state index in [1.54, 1.807) is 12.4 Å². The molecule has 1 unspecified atom stereocenters. The quantitative estimate of drug-likeness (QED) is 0.622. The molecule has 1 aromatic heterocycles. The molecule has 0 aliphatic heterocycles. The molecule has 1 heterocycles. The molecule has 1 fully saturated rings. The fraction of sp³-hybridized carbons (Fsp3) is 0.643. The lowest BCUT2D eigenvalue weighted by Gasteiger charge is -2.37. The molecule has 0 aromatic carbocycles. The summed E-state index contributed by atoms with van der Waals surface area (Å²) in [6, 6.07) is 2.02. The van der Waals surface area contributed by atoms with Gasteiger partial charge in [-0.1, -0.05) is 24.4 Å². The first-order chi connectivity index (χ1) is 9.22. The molecule has 106 valence electrons. The van der Waals surface area contributed by atoms with Gasteiger partial charge in [0.15, 0.2) is 0 Å². The Balaban J connectivity index is 2.17. The van der Waals surface area contributed by atoms with Crippen molar-refractivity contribution in [2.45, 2.75) is 50.7 Å². The highest BCUT2D eigenvalue weighted by Gasteiger charge is 2.41. The van der Waals surface area contributed by atoms with Gasteiger partial charge >= 0.3 is 0 Å². The second kappa shape index (κ2) is 6.66. The van der Waals surface area contributed by atoms with Crippen molar-refractivity contribution in [1.82, 2.24) is 10.4 Å². The lowest BCUT2D eigenvalue weighted by atomic mass is 9.88. The Morgan fingerprint density at radius 1 is 1.53 bits per heavy atom. The summed E-state index contributed by atoms with van der Waals surface area (Å²) in [7, 11) is 0. The minimum absolute atomic E-state index is 0.0786. The number of hydrazine groups is 1. The number of nitrogens with zero attached hydrogens (tertiary/aromatic N) is 1. The zero-order valence-electron chi connectivity index (χ0n) is 11.4. The van der Waals surface area contributed by atoms with Crippen molar-refractivity contribution in [2.75, 3.05) is 6.61 Å². The summed E-state index contributed by atoms with van der Waals surface area (Å²) in [5.74, 6) is 5.78. The Labute approximate surface area is 119 Å². The summed E-state index contributed by atoms with van der Waals surface area (Å²) in [5, 5.41) is 0.687. The highest BCUT2D eigenvalue weighted by atomic mass is 35.5. The third-order valence-corrected chi connectivity index (χ3v) is 4.34. The predicted octanol–water partition coefficient (Wildman–Crippen LogP) is 2.46. The lowest BCUT2D eigenvalue weighted by Crippen LogP contribution is -2.54. The van der Waals surface area contributed by atoms with E-state index in [2.05, 4.69) is 10.4 Å². The molecule has 0 saturated heterocycles. The fourth-order valence-electron chi connectivity index (χ4n) is 3.04. The van der Waals surface area contributed by atoms with Crippen LogP contribution in [0.2, 0.25) is 5.02 Å². The Morgan fingerprint density at radius 2 is 2.26 bits per heavy atom. The van der Waals surface area contributed by atoms with Crippen LogP contribution in [0.5, 0.6) is 0 Å². The number of nitrogens with two attached hydrogens (primary N) is 1. The summed E-state index contributed by atoms with van der Waals surface area (Å²) in [6.07, 6.45) is 8.70. The number of nitrogens with one attached hydrogen (secondary N) is 1. The van der Waals surface area contributed by atoms with Crippen LogP contribution in [0.25, 0.3) is 0 Å². The topological polar surface area (TPSA) is 60.2 Å². The van der Waals surface area contributed by atoms with Gasteiger partial charge in [0.2, 0.25) is 0 Å². The summed E-state index contributed by atoms with van der Waals surface area (Å²) >= 11 is 6.18. The third kappa shape index (κ3) is 3.26. The van der Waals surface area contributed by atoms with Crippen LogP contribution in [0.15, 0.2) is 18.5 Å². The third-order valence-electron chi connectivity index (χ3n) is 4.00. The normalized spacial score (nSPS) is 19.5. The van der Waals surface area contributed by atoms with Gasteiger partial charge in [-0.05, 0) is 37.8 Å². The van der Waals surface area contributed by atoms with Crippen LogP contribution in [0.1, 0.15) is 38.2 Å². The first kappa shape index (κ1) is 14.7. The molecule has 1 atom stereocenters. The second-order valence-corrected chi connectivity index (χ2v) is 5.50. The number of pyridine rings is 1. The van der Waals surface area contributed by atoms with Crippen molar-refractivity contribution < 1.29 is 4.74 Å². The van der Waals surface area contributed by atoms with Crippen molar-refractivity contribution in [1.29, 1.82) is 0 Å². The maximum absolute atomic E-state index is 6.18. The molecule has 2 rings (SSSR count). The van der Waals surface area contributed by atoms with E-state index in [4.69, 9.17) is 22.2 Å². The molecule has 1 aliphatic carbocycles. The van der Waals surface area contributed by atoms with E-state index >= 15 is 0 Å². The van der Waals surface area contributed by atoms with E-state index < -0.39 is 0 Å². The monoisotopic (exact) mass is 283 g/mol. The van der Waals surface area contributed by atoms with Gasteiger partial charge in [0.25, 0.3) is 0 Å². The molecule has 1 aliphatic rings. The molecule has 5 heteroatoms. The average molecular weight is 284 g/mol. The van der Waals surface area contributed by atoms with E-state index in [0.717, 1.165) is 24.8 Å². The minimum atomic E-state index is -0.157. The van der Waals surface area contributed by atoms with Gasteiger partial charge in [0.05, 0.1) is 16.7 Å². The molecule has 1 aromatic rings. The van der Waals surface area contributed by atoms with Gasteiger partial charge in [-0.2, -0.15) is 0 Å². The van der Waals surface area contributed by atoms with E-state index in [0.29, 0.717) is 11.6 Å². The van der Waals surface area contributed by atoms with Gasteiger partial charge < -0.3 is 4.74 Å². The van der Waals surface area contributed by atoms with Crippen molar-refractivity contribution in [2.24, 2.45) is 5.84 Å². The van der Waals surface area contributed by atoms with E-state index in [1.165, 1.54) is 12.8 Å². The largest absolute Gasteiger partial charge is 0.374 e. The molecular formula is C14H22ClN3O. The zero-order chi connectivity index (χ0) is 13.7. The van der Waals surface area contributed by atoms with Crippen LogP contribution in [0, 0.1) is 0 Å². The lowest BCUT2D eigenvalue weighted by molar-refractivity contribution is -0.0613. The summed E-state index contributed by atoms with van der Waals surface area (Å²) in [4.78, 5) is 4.01. The van der Waals surface area contributed by atoms with Gasteiger partial charge in [0.1, 0.15) is 0 Å². The van der Waals surface area contributed by atoms with Gasteiger partial charge in [-0.25, -0.2) is 0 Å². The first-order valence-corrected chi connectivity index (χ1v) is 7.28. The zero-order valence-corrected chi connectivity index (χ0v) is 12.1. The number of rotatable bonds is 6. The molecule has 0 radical (unpaired) electrons. The summed E-state index contributed by atoms with van der Waals surface area (Å²) < 4.78 is 6.05. The second-order valence-electron chi connectivity index (χ2n) is 5.10. The average Bonchev–Trinajstić information content (AvgIpc) is 2.88. The number of hydrogen-bond acceptors (Lipinski definition) is 4. The predicted molar refractivity (Wildman–Crippen MR) is 76.9 cm³/mol. The Morgan fingerprint density at radius 3 is 2.84 bits per heavy atom. The standard InChI is InChI=1S/C14H22ClN3O/c1-2-19-14(6-3-4-7-14)13(18-16)9-11-5-8-17-10-12(11)15/h5,8,10,13,18H,2-4,6-7,9,16H2,1H3. The minimum Gasteiger partial charge on any atom is -0.374 e. The number of hydrogen-bond donors (Lipinski definition) is 2. The van der Waals surface area contributed by atoms with Crippen LogP contribution in [-0.2, 0) is 11.2 Å². The summed E-state index contributed by atoms with van der Waals surface area (Å²) in [6.45, 7) is 2.75. The molecule has 0 spiro atoms. The van der Waals surface area contributed by atoms with E-state index in [9.17, 15) is 0 Å². The molecule has 19 heavy (non-hydrogen) atoms. The first-order valence-electron chi connectivity index (χ1n) is 6.90. The SMILES string of the molecule is CCOC1(C(Cc2ccncc2Cl)NN)CCCC1. The molecule has 0 amide bonds. The van der Waals surface area contributed by atoms with Gasteiger partial charge in [-0.15, -0.1) is 0 Å². The van der Waals surface area contributed by atoms with Crippen molar-refractivity contribution in [3.05, 3.63) is 29.0 Å². The number of ether oxygens (including phenoxy) is 1. The Hall–Kier alpha value is -0.680. The number of halogens is 1. The smallest absolute Gasteiger partial charge is 0.0851 e. The van der Waals surface area contributed by atoms with Crippen LogP contribution in [-0.4, -0.2) is 23.2 Å². The van der Waals surface area contributed by atoms with Gasteiger partial charge in [-0.3, -0.25) is 16.3 Å². The van der Waals surface area contributed by atoms with Crippen LogP contribution in [0.3, 0.4) is 0 Å². The van der Waals surface area contributed by atoms with Gasteiger partial charge in [0, 0.05) is 19.0 Å². The molecule has 3 N–H and O–H groups in total. The molecular weight excluding hydrogens is 262 g/mol. The van der Waals surface area contributed by atoms with Crippen LogP contribution in [0.4, 0.5) is 0 Å². The molecule has 0 bridgehead atoms. The number of aromatic nitrogens is 1. The van der Waals surface area contributed by atoms with Crippen LogP contribution >= 0.6 is 11.6 Å². The van der Waals surface area contributed by atoms with E-state index in [-0.39, 0.29) is 11.6 Å². The van der Waals surface area contributed by atoms with Crippen molar-refractivity contribution >= 4 is 11.6 Å². The van der Waals surface area contributed by atoms with Crippen molar-refractivity contribution in [3.8, 4) is 0 Å². The Bertz CT molecular complexity index is 407. The maximum Gasteiger partial charge on any atom is 0.0851 e. The summed E-state index contributed by atoms with van der Waals surface area (Å²) in [5.41, 5.74) is 3.85. The fourth-order valence-corrected chi connectivity index (χ4v) is 3.24. The molecule has 1 saturated carbocycles. The van der Waals surface area contributed by atoms with Crippen LogP contribution < -0.4 is 11.3 Å². The van der Waals surface area contributed by atoms with E-state index in [1.807, 2.05) is 13.0 Å². The Kier molecular flexibility index (Phi) is 5.16. The highest BCUT2D eigenvalue weighted by molar-refractivity contribution is 6.31. The van der Waals surface area contributed by atoms with Crippen molar-refractivity contribution in [3.63, 3.8) is 0 Å². The maximum atomic E-state index is 6.18.